The van der Waals surface area contributed by atoms with E-state index in [4.69, 9.17) is 41.8 Å². The summed E-state index contributed by atoms with van der Waals surface area (Å²) in [6.45, 7) is 42.4. The first kappa shape index (κ1) is 94.4. The number of hydrogen-bond acceptors (Lipinski definition) is 7. The summed E-state index contributed by atoms with van der Waals surface area (Å²) in [4.78, 5) is 11.3. The quantitative estimate of drug-likeness (QED) is 0.0874. The topological polar surface area (TPSA) is 146 Å². The van der Waals surface area contributed by atoms with E-state index in [1.807, 2.05) is 104 Å². The summed E-state index contributed by atoms with van der Waals surface area (Å²) < 4.78 is 43.3. The Hall–Kier alpha value is -15.6. The maximum atomic E-state index is 9.80. The molecule has 3 aliphatic carbocycles. The van der Waals surface area contributed by atoms with Crippen LogP contribution in [0.2, 0.25) is 0 Å². The first-order chi connectivity index (χ1) is 68.5. The van der Waals surface area contributed by atoms with Gasteiger partial charge < -0.3 is 22.1 Å². The van der Waals surface area contributed by atoms with E-state index in [1.54, 1.807) is 0 Å². The Morgan fingerprint density at radius 1 is 0.312 bits per heavy atom. The average Bonchev–Trinajstić information content (AvgIpc) is 1.62. The van der Waals surface area contributed by atoms with Gasteiger partial charge in [-0.3, -0.25) is 0 Å². The van der Waals surface area contributed by atoms with Gasteiger partial charge >= 0.3 is 0 Å². The SMILES string of the molecule is Cc1cc(CC(C)C)c2c(oc3cccc(C#N)c32)c1-c1cccc[n+]1C.Cc1ccc2c(oc3c(C4CCCCC4)ccc(C#N)c32)c1-c1cccc[n+]1C.[C-]#[N+]c1cc(C2CCCCC2)c2oc3c(-c4cccc[n+]4C)c(C)ccc3c2c1.[C-]#[N+]c1ccc2c(oc3c(-c4cccc[n+]4C)c(C)ccc32)c1C1CCCCC1.[C-]#[N+]c1ccc2oc3c(-c4cccc[n+]4C)c(C)cc(CC(C)C)c3c2c1. The summed E-state index contributed by atoms with van der Waals surface area (Å²) in [6, 6.07) is 77.1. The number of pyridine rings is 5. The predicted molar refractivity (Wildman–Crippen MR) is 568 cm³/mol. The Morgan fingerprint density at radius 3 is 1.19 bits per heavy atom. The van der Waals surface area contributed by atoms with Crippen molar-refractivity contribution in [3.8, 4) is 68.4 Å². The lowest BCUT2D eigenvalue weighted by Crippen LogP contribution is -2.30. The van der Waals surface area contributed by atoms with Crippen molar-refractivity contribution in [3.63, 3.8) is 0 Å². The van der Waals surface area contributed by atoms with Crippen molar-refractivity contribution in [1.29, 1.82) is 10.5 Å². The number of benzene rings is 10. The molecule has 0 N–H and O–H groups in total. The van der Waals surface area contributed by atoms with Gasteiger partial charge in [0, 0.05) is 120 Å². The van der Waals surface area contributed by atoms with Crippen molar-refractivity contribution < 1.29 is 44.9 Å². The van der Waals surface area contributed by atoms with Crippen LogP contribution in [0.3, 0.4) is 0 Å². The van der Waals surface area contributed by atoms with E-state index in [1.165, 1.54) is 134 Å². The number of fused-ring (bicyclic) bond motifs is 15. The van der Waals surface area contributed by atoms with Crippen LogP contribution >= 0.6 is 0 Å². The van der Waals surface area contributed by atoms with Gasteiger partial charge in [0.05, 0.1) is 70.8 Å². The number of hydrogen-bond donors (Lipinski definition) is 0. The predicted octanol–water partition coefficient (Wildman–Crippen LogP) is 31.9. The number of rotatable bonds is 12. The Bertz CT molecular complexity index is 8470. The molecule has 15 nitrogen and oxygen atoms in total. The lowest BCUT2D eigenvalue weighted by molar-refractivity contribution is -0.660. The van der Waals surface area contributed by atoms with Crippen LogP contribution < -0.4 is 22.8 Å². The Labute approximate surface area is 825 Å². The van der Waals surface area contributed by atoms with Crippen LogP contribution in [0.15, 0.2) is 265 Å². The molecule has 0 atom stereocenters. The van der Waals surface area contributed by atoms with Crippen molar-refractivity contribution in [2.75, 3.05) is 0 Å². The van der Waals surface area contributed by atoms with E-state index in [0.717, 1.165) is 203 Å². The third-order valence-corrected chi connectivity index (χ3v) is 29.6. The normalized spacial score (nSPS) is 13.7. The molecule has 0 radical (unpaired) electrons. The van der Waals surface area contributed by atoms with Gasteiger partial charge in [-0.05, 0) is 238 Å². The highest BCUT2D eigenvalue weighted by Crippen LogP contribution is 2.51. The van der Waals surface area contributed by atoms with Gasteiger partial charge in [-0.1, -0.05) is 164 Å². The molecular formula is C126H121N10O5+5. The number of aryl methyl sites for hydroxylation is 10. The minimum Gasteiger partial charge on any atom is -0.456 e. The standard InChI is InChI=1S/3C26H25N2O.2C24H23N2O/c1-17-12-13-19-20-14-15-21(27-2)24(18-9-5-4-6-10-18)26(20)29-25(19)23(17)22-11-7-8-16-28(22)3;1-17-12-13-20-22-16-19(27-2)15-21(18-9-5-4-6-10-18)25(22)29-26(20)24(17)23-11-7-8-14-28(23)3;1-17-11-13-21-24-19(16-27)12-14-20(18-8-4-3-5-9-18)25(24)29-26(21)23(17)22-10-6-7-15-28(22)2;1-15(2)12-17-13-16(3)22(20-8-6-7-11-26(20)5)24-23(17)19-14-18(25-4)9-10-21(19)27-24;1-15(2)12-18-13-16(3)21(19-9-5-6-11-26(19)4)24-23(18)22-17(14-25)8-7-10-20(22)27-24/h2*7-8,11-16,18H,4-6,9-10H2,1,3H3;6-7,10-15,18H,3-5,8-9H2,1-2H3;6-11,13-15H,12H2,1-3,5H3;5-11,13,15H,12H2,1-4H3/q5*+1. The van der Waals surface area contributed by atoms with Crippen LogP contribution in [0.5, 0.6) is 0 Å². The van der Waals surface area contributed by atoms with Gasteiger partial charge in [-0.15, -0.1) is 0 Å². The van der Waals surface area contributed by atoms with Crippen LogP contribution in [-0.2, 0) is 48.1 Å². The third kappa shape index (κ3) is 18.0. The van der Waals surface area contributed by atoms with E-state index in [0.29, 0.717) is 52.1 Å². The number of nitriles is 2. The second kappa shape index (κ2) is 40.5. The zero-order valence-corrected chi connectivity index (χ0v) is 83.5. The second-order valence-electron chi connectivity index (χ2n) is 40.1. The van der Waals surface area contributed by atoms with Crippen LogP contribution in [0.4, 0.5) is 17.1 Å². The van der Waals surface area contributed by atoms with Crippen molar-refractivity contribution in [1.82, 2.24) is 0 Å². The Kier molecular flexibility index (Phi) is 27.1. The van der Waals surface area contributed by atoms with Gasteiger partial charge in [-0.2, -0.15) is 10.5 Å². The molecular weight excluding hydrogens is 1730 g/mol. The summed E-state index contributed by atoms with van der Waals surface area (Å²) in [7, 11) is 10.3. The molecule has 0 spiro atoms. The zero-order chi connectivity index (χ0) is 98.1. The highest BCUT2D eigenvalue weighted by Gasteiger charge is 2.34. The number of nitrogens with zero attached hydrogens (tertiary/aromatic N) is 10. The van der Waals surface area contributed by atoms with Crippen LogP contribution in [0, 0.1) is 88.8 Å². The molecule has 10 heterocycles. The Morgan fingerprint density at radius 2 is 0.716 bits per heavy atom. The lowest BCUT2D eigenvalue weighted by Gasteiger charge is -2.23. The lowest BCUT2D eigenvalue weighted by atomic mass is 9.82. The van der Waals surface area contributed by atoms with Crippen molar-refractivity contribution >= 4 is 127 Å². The fourth-order valence-corrected chi connectivity index (χ4v) is 22.9. The second-order valence-corrected chi connectivity index (χ2v) is 40.1. The van der Waals surface area contributed by atoms with E-state index in [2.05, 4.69) is 286 Å². The first-order valence-electron chi connectivity index (χ1n) is 50.2. The minimum atomic E-state index is 0.425. The molecule has 700 valence electrons. The monoisotopic (exact) mass is 1850 g/mol. The van der Waals surface area contributed by atoms with Gasteiger partial charge in [0.25, 0.3) is 0 Å². The van der Waals surface area contributed by atoms with Gasteiger partial charge in [-0.25, -0.2) is 37.4 Å². The van der Waals surface area contributed by atoms with Crippen LogP contribution in [-0.4, -0.2) is 0 Å². The summed E-state index contributed by atoms with van der Waals surface area (Å²) in [6.07, 6.45) is 30.8. The highest BCUT2D eigenvalue weighted by atomic mass is 16.3. The fraction of sp³-hybridized carbons (Fsp3) is 0.286. The Balaban J connectivity index is 0.000000112. The summed E-state index contributed by atoms with van der Waals surface area (Å²) >= 11 is 0. The minimum absolute atomic E-state index is 0.425. The molecule has 23 rings (SSSR count). The highest BCUT2D eigenvalue weighted by molar-refractivity contribution is 6.17. The molecule has 0 bridgehead atoms. The maximum Gasteiger partial charge on any atom is 0.216 e. The van der Waals surface area contributed by atoms with Crippen molar-refractivity contribution in [3.05, 3.63) is 344 Å². The smallest absolute Gasteiger partial charge is 0.216 e. The summed E-state index contributed by atoms with van der Waals surface area (Å²) in [5.41, 5.74) is 35.9. The van der Waals surface area contributed by atoms with Gasteiger partial charge in [0.2, 0.25) is 28.5 Å². The van der Waals surface area contributed by atoms with Gasteiger partial charge in [0.1, 0.15) is 91.1 Å². The number of furan rings is 5. The molecule has 3 saturated carbocycles. The van der Waals surface area contributed by atoms with E-state index in [9.17, 15) is 10.5 Å². The van der Waals surface area contributed by atoms with E-state index >= 15 is 0 Å². The van der Waals surface area contributed by atoms with Crippen LogP contribution in [0.25, 0.3) is 181 Å². The largest absolute Gasteiger partial charge is 0.456 e. The van der Waals surface area contributed by atoms with Crippen LogP contribution in [0.1, 0.15) is 209 Å². The fourth-order valence-electron chi connectivity index (χ4n) is 22.9. The molecule has 0 saturated heterocycles. The molecule has 3 aliphatic rings. The molecule has 0 aliphatic heterocycles. The molecule has 141 heavy (non-hydrogen) atoms. The summed E-state index contributed by atoms with van der Waals surface area (Å²) in [5.74, 6) is 2.50. The third-order valence-electron chi connectivity index (χ3n) is 29.6. The first-order valence-corrected chi connectivity index (χ1v) is 50.2. The van der Waals surface area contributed by atoms with Crippen molar-refractivity contribution in [2.24, 2.45) is 47.1 Å². The zero-order valence-electron chi connectivity index (χ0n) is 83.5. The molecule has 0 amide bonds. The molecule has 15 heteroatoms. The molecule has 10 aromatic heterocycles. The molecule has 10 aromatic carbocycles. The summed E-state index contributed by atoms with van der Waals surface area (Å²) in [5, 5.41) is 30.2. The van der Waals surface area contributed by atoms with E-state index in [-0.39, 0.29) is 0 Å². The van der Waals surface area contributed by atoms with Gasteiger partial charge in [0.15, 0.2) is 48.0 Å². The maximum absolute atomic E-state index is 9.80. The molecule has 3 fully saturated rings. The molecule has 20 aromatic rings. The number of aromatic nitrogens is 5. The van der Waals surface area contributed by atoms with E-state index < -0.39 is 0 Å². The van der Waals surface area contributed by atoms with Crippen molar-refractivity contribution in [2.45, 2.75) is 189 Å². The molecule has 0 unspecified atom stereocenters. The average molecular weight is 1860 g/mol.